The first-order valence-electron chi connectivity index (χ1n) is 11.7. The third-order valence-electron chi connectivity index (χ3n) is 6.88. The molecule has 0 aromatic carbocycles. The minimum absolute atomic E-state index is 0.0623. The van der Waals surface area contributed by atoms with Crippen LogP contribution in [0, 0.1) is 12.8 Å². The molecule has 0 saturated carbocycles. The Balaban J connectivity index is 1.37. The molecule has 1 fully saturated rings. The Hall–Kier alpha value is -2.30. The number of aromatic nitrogens is 3. The van der Waals surface area contributed by atoms with Crippen LogP contribution < -0.4 is 0 Å². The van der Waals surface area contributed by atoms with E-state index in [0.29, 0.717) is 20.5 Å². The summed E-state index contributed by atoms with van der Waals surface area (Å²) in [4.78, 5) is 22.2. The van der Waals surface area contributed by atoms with Crippen molar-refractivity contribution in [2.45, 2.75) is 58.8 Å². The summed E-state index contributed by atoms with van der Waals surface area (Å²) in [6.07, 6.45) is 13.6. The van der Waals surface area contributed by atoms with E-state index in [9.17, 15) is 4.79 Å². The van der Waals surface area contributed by atoms with Gasteiger partial charge in [-0.1, -0.05) is 27.7 Å². The molecule has 0 aliphatic carbocycles. The van der Waals surface area contributed by atoms with Crippen molar-refractivity contribution in [1.82, 2.24) is 24.4 Å². The van der Waals surface area contributed by atoms with Gasteiger partial charge in [0.15, 0.2) is 0 Å². The zero-order valence-electron chi connectivity index (χ0n) is 19.4. The molecule has 1 saturated heterocycles. The number of rotatable bonds is 4. The molecule has 3 aliphatic rings. The lowest BCUT2D eigenvalue weighted by Crippen LogP contribution is -2.40. The van der Waals surface area contributed by atoms with E-state index in [0.717, 1.165) is 47.4 Å². The van der Waals surface area contributed by atoms with Crippen LogP contribution in [-0.4, -0.2) is 55.2 Å². The quantitative estimate of drug-likeness (QED) is 0.651. The first kappa shape index (κ1) is 21.5. The maximum atomic E-state index is 13.1. The highest BCUT2D eigenvalue weighted by Gasteiger charge is 2.32. The number of carbonyl (C=O) groups excluding carboxylic acids is 1. The first-order valence-corrected chi connectivity index (χ1v) is 12.8. The Morgan fingerprint density at radius 1 is 1.25 bits per heavy atom. The third kappa shape index (κ3) is 3.95. The average Bonchev–Trinajstić information content (AvgIpc) is 3.22. The minimum Gasteiger partial charge on any atom is -0.304 e. The number of aryl methyl sites for hydroxylation is 2. The van der Waals surface area contributed by atoms with Crippen molar-refractivity contribution in [2.24, 2.45) is 5.92 Å². The molecule has 168 valence electrons. The molecular weight excluding hydrogens is 417 g/mol. The molecule has 2 unspecified atom stereocenters. The van der Waals surface area contributed by atoms with E-state index in [1.54, 1.807) is 6.08 Å². The van der Waals surface area contributed by atoms with E-state index in [2.05, 4.69) is 55.1 Å². The number of carbonyl (C=O) groups is 1. The van der Waals surface area contributed by atoms with E-state index in [-0.39, 0.29) is 11.7 Å². The Labute approximate surface area is 191 Å². The summed E-state index contributed by atoms with van der Waals surface area (Å²) in [5.41, 5.74) is 5.23. The number of likely N-dealkylation sites (tertiary alicyclic amines) is 1. The fraction of sp³-hybridized carbons (Fsp3) is 0.480. The van der Waals surface area contributed by atoms with Gasteiger partial charge in [0.05, 0.1) is 34.6 Å². The second-order valence-electron chi connectivity index (χ2n) is 9.33. The van der Waals surface area contributed by atoms with Crippen LogP contribution in [0.4, 0.5) is 0 Å². The Bertz CT molecular complexity index is 1140. The highest BCUT2D eigenvalue weighted by molar-refractivity contribution is 7.51. The van der Waals surface area contributed by atoms with E-state index >= 15 is 0 Å². The van der Waals surface area contributed by atoms with Gasteiger partial charge in [-0.2, -0.15) is 5.10 Å². The number of hydrogen-bond donors (Lipinski definition) is 0. The second kappa shape index (κ2) is 8.57. The van der Waals surface area contributed by atoms with Crippen LogP contribution in [0.2, 0.25) is 0 Å². The molecule has 2 aromatic heterocycles. The van der Waals surface area contributed by atoms with E-state index in [1.807, 2.05) is 22.5 Å². The van der Waals surface area contributed by atoms with Crippen molar-refractivity contribution >= 4 is 25.3 Å². The van der Waals surface area contributed by atoms with E-state index in [1.165, 1.54) is 18.4 Å². The predicted octanol–water partition coefficient (Wildman–Crippen LogP) is 4.36. The van der Waals surface area contributed by atoms with Gasteiger partial charge in [-0.3, -0.25) is 9.78 Å². The summed E-state index contributed by atoms with van der Waals surface area (Å²) in [6, 6.07) is 2.70. The van der Waals surface area contributed by atoms with Crippen LogP contribution in [0.25, 0.3) is 10.8 Å². The maximum Gasteiger partial charge on any atom is 0.252 e. The molecule has 5 rings (SSSR count). The SMILES string of the molecule is CCc1nc(C)cn2nc(C3=CC(=O)N4C=C(C5CCN(C(C)C)CC5)C=CC4P3)cc12. The van der Waals surface area contributed by atoms with Crippen molar-refractivity contribution in [1.29, 1.82) is 0 Å². The van der Waals surface area contributed by atoms with Crippen molar-refractivity contribution in [3.05, 3.63) is 59.3 Å². The Morgan fingerprint density at radius 2 is 2.03 bits per heavy atom. The molecule has 0 N–H and O–H groups in total. The molecule has 5 heterocycles. The highest BCUT2D eigenvalue weighted by Crippen LogP contribution is 2.45. The number of fused-ring (bicyclic) bond motifs is 2. The number of nitrogens with zero attached hydrogens (tertiary/aromatic N) is 5. The van der Waals surface area contributed by atoms with E-state index < -0.39 is 0 Å². The standard InChI is InChI=1S/C25H32N5OP/c1-5-20-22-12-21(27-30(22)14-17(4)26-20)23-13-24(31)29-15-19(6-7-25(29)32-23)18-8-10-28(11-9-18)16(2)3/h6-7,12-16,18,25,32H,5,8-11H2,1-4H3. The van der Waals surface area contributed by atoms with E-state index in [4.69, 9.17) is 5.10 Å². The molecule has 32 heavy (non-hydrogen) atoms. The van der Waals surface area contributed by atoms with Crippen LogP contribution in [0.15, 0.2) is 42.3 Å². The fourth-order valence-electron chi connectivity index (χ4n) is 5.01. The summed E-state index contributed by atoms with van der Waals surface area (Å²) in [7, 11) is 0.487. The molecule has 6 nitrogen and oxygen atoms in total. The topological polar surface area (TPSA) is 53.7 Å². The van der Waals surface area contributed by atoms with Gasteiger partial charge in [0.25, 0.3) is 5.91 Å². The van der Waals surface area contributed by atoms with Gasteiger partial charge in [0.1, 0.15) is 0 Å². The molecule has 0 bridgehead atoms. The van der Waals surface area contributed by atoms with Crippen molar-refractivity contribution < 1.29 is 4.79 Å². The number of allylic oxidation sites excluding steroid dienone is 2. The lowest BCUT2D eigenvalue weighted by Gasteiger charge is -2.38. The molecule has 7 heteroatoms. The van der Waals surface area contributed by atoms with Crippen molar-refractivity contribution in [3.63, 3.8) is 0 Å². The summed E-state index contributed by atoms with van der Waals surface area (Å²) >= 11 is 0. The largest absolute Gasteiger partial charge is 0.304 e. The smallest absolute Gasteiger partial charge is 0.252 e. The third-order valence-corrected chi connectivity index (χ3v) is 8.36. The van der Waals surface area contributed by atoms with Crippen LogP contribution in [-0.2, 0) is 11.2 Å². The molecule has 0 spiro atoms. The molecule has 1 amide bonds. The van der Waals surface area contributed by atoms with Gasteiger partial charge in [-0.25, -0.2) is 4.52 Å². The van der Waals surface area contributed by atoms with Gasteiger partial charge in [-0.15, -0.1) is 0 Å². The summed E-state index contributed by atoms with van der Waals surface area (Å²) in [6.45, 7) is 10.9. The zero-order chi connectivity index (χ0) is 22.4. The zero-order valence-corrected chi connectivity index (χ0v) is 20.4. The summed E-state index contributed by atoms with van der Waals surface area (Å²) < 4.78 is 1.91. The molecule has 2 atom stereocenters. The van der Waals surface area contributed by atoms with Gasteiger partial charge in [0, 0.05) is 23.6 Å². The van der Waals surface area contributed by atoms with Crippen LogP contribution >= 0.6 is 8.58 Å². The highest BCUT2D eigenvalue weighted by atomic mass is 31.1. The maximum absolute atomic E-state index is 13.1. The Morgan fingerprint density at radius 3 is 2.75 bits per heavy atom. The van der Waals surface area contributed by atoms with Gasteiger partial charge >= 0.3 is 0 Å². The lowest BCUT2D eigenvalue weighted by atomic mass is 9.88. The number of amides is 1. The lowest BCUT2D eigenvalue weighted by molar-refractivity contribution is -0.123. The van der Waals surface area contributed by atoms with Gasteiger partial charge < -0.3 is 9.80 Å². The van der Waals surface area contributed by atoms with Crippen molar-refractivity contribution in [3.8, 4) is 0 Å². The fourth-order valence-corrected chi connectivity index (χ4v) is 6.34. The number of hydrogen-bond acceptors (Lipinski definition) is 4. The molecule has 2 aromatic rings. The monoisotopic (exact) mass is 449 g/mol. The predicted molar refractivity (Wildman–Crippen MR) is 131 cm³/mol. The van der Waals surface area contributed by atoms with Crippen LogP contribution in [0.3, 0.4) is 0 Å². The first-order chi connectivity index (χ1) is 15.4. The number of piperidine rings is 1. The molecule has 3 aliphatic heterocycles. The Kier molecular flexibility index (Phi) is 5.77. The molecular formula is C25H32N5OP. The normalized spacial score (nSPS) is 23.2. The average molecular weight is 450 g/mol. The van der Waals surface area contributed by atoms with Gasteiger partial charge in [-0.05, 0) is 70.7 Å². The van der Waals surface area contributed by atoms with Crippen LogP contribution in [0.5, 0.6) is 0 Å². The van der Waals surface area contributed by atoms with Crippen molar-refractivity contribution in [2.75, 3.05) is 13.1 Å². The van der Waals surface area contributed by atoms with Crippen LogP contribution in [0.1, 0.15) is 50.7 Å². The molecule has 0 radical (unpaired) electrons. The second-order valence-corrected chi connectivity index (χ2v) is 10.7. The minimum atomic E-state index is 0.0623. The summed E-state index contributed by atoms with van der Waals surface area (Å²) in [5, 5.41) is 5.82. The van der Waals surface area contributed by atoms with Gasteiger partial charge in [0.2, 0.25) is 0 Å². The summed E-state index contributed by atoms with van der Waals surface area (Å²) in [5.74, 6) is 0.704.